The van der Waals surface area contributed by atoms with Crippen LogP contribution in [0.25, 0.3) is 0 Å². The van der Waals surface area contributed by atoms with Crippen LogP contribution >= 0.6 is 0 Å². The van der Waals surface area contributed by atoms with E-state index in [-0.39, 0.29) is 11.9 Å². The molecule has 2 fully saturated rings. The van der Waals surface area contributed by atoms with Crippen molar-refractivity contribution in [3.63, 3.8) is 0 Å². The van der Waals surface area contributed by atoms with E-state index in [1.165, 1.54) is 19.1 Å². The molecule has 2 aliphatic rings. The van der Waals surface area contributed by atoms with Crippen LogP contribution in [0.1, 0.15) is 37.7 Å². The van der Waals surface area contributed by atoms with Gasteiger partial charge in [-0.2, -0.15) is 0 Å². The first kappa shape index (κ1) is 16.4. The second kappa shape index (κ2) is 7.43. The van der Waals surface area contributed by atoms with Gasteiger partial charge in [0.05, 0.1) is 13.2 Å². The molecule has 1 aromatic carbocycles. The van der Waals surface area contributed by atoms with Crippen LogP contribution in [0.5, 0.6) is 0 Å². The summed E-state index contributed by atoms with van der Waals surface area (Å²) in [5.74, 6) is 0.617. The molecule has 1 saturated heterocycles. The topological polar surface area (TPSA) is 53.6 Å². The Morgan fingerprint density at radius 1 is 1.26 bits per heavy atom. The van der Waals surface area contributed by atoms with Gasteiger partial charge in [0.1, 0.15) is 0 Å². The van der Waals surface area contributed by atoms with Gasteiger partial charge in [-0.3, -0.25) is 14.5 Å². The van der Waals surface area contributed by atoms with E-state index in [9.17, 15) is 4.79 Å². The lowest BCUT2D eigenvalue weighted by atomic mass is 10.0. The third kappa shape index (κ3) is 4.10. The quantitative estimate of drug-likeness (QED) is 0.784. The zero-order valence-electron chi connectivity index (χ0n) is 14.0. The molecule has 0 radical (unpaired) electrons. The minimum Gasteiger partial charge on any atom is -0.311 e. The smallest absolute Gasteiger partial charge is 0.260 e. The van der Waals surface area contributed by atoms with Gasteiger partial charge in [-0.05, 0) is 31.7 Å². The van der Waals surface area contributed by atoms with E-state index in [4.69, 9.17) is 4.84 Å². The number of hydrogen-bond acceptors (Lipinski definition) is 4. The second-order valence-electron chi connectivity index (χ2n) is 6.68. The lowest BCUT2D eigenvalue weighted by Crippen LogP contribution is -2.51. The highest BCUT2D eigenvalue weighted by Gasteiger charge is 2.40. The Labute approximate surface area is 138 Å². The fraction of sp³-hybridized carbons (Fsp3) is 0.611. The van der Waals surface area contributed by atoms with Crippen molar-refractivity contribution >= 4 is 5.91 Å². The maximum atomic E-state index is 11.8. The largest absolute Gasteiger partial charge is 0.311 e. The molecule has 1 saturated carbocycles. The number of hydrogen-bond donors (Lipinski definition) is 2. The Bertz CT molecular complexity index is 514. The summed E-state index contributed by atoms with van der Waals surface area (Å²) >= 11 is 0. The lowest BCUT2D eigenvalue weighted by molar-refractivity contribution is -0.136. The molecule has 3 rings (SSSR count). The van der Waals surface area contributed by atoms with Gasteiger partial charge in [0.25, 0.3) is 5.91 Å². The second-order valence-corrected chi connectivity index (χ2v) is 6.68. The fourth-order valence-electron chi connectivity index (χ4n) is 3.56. The molecule has 2 N–H and O–H groups in total. The van der Waals surface area contributed by atoms with Gasteiger partial charge in [0.15, 0.2) is 0 Å². The number of likely N-dealkylation sites (tertiary alicyclic amines) is 1. The summed E-state index contributed by atoms with van der Waals surface area (Å²) < 4.78 is 0. The van der Waals surface area contributed by atoms with Crippen LogP contribution in [-0.4, -0.2) is 49.1 Å². The van der Waals surface area contributed by atoms with Crippen LogP contribution in [0.15, 0.2) is 30.3 Å². The fourth-order valence-corrected chi connectivity index (χ4v) is 3.56. The van der Waals surface area contributed by atoms with Crippen LogP contribution in [0, 0.1) is 0 Å². The molecule has 0 bridgehead atoms. The molecule has 0 spiro atoms. The SMILES string of the molecule is CONC(=O)C(C)N1CCC(N[C@@H]2C[C@H]2c2ccccc2)CC1. The number of piperidine rings is 1. The number of nitrogens with one attached hydrogen (secondary N) is 2. The van der Waals surface area contributed by atoms with Gasteiger partial charge >= 0.3 is 0 Å². The molecule has 5 heteroatoms. The first-order chi connectivity index (χ1) is 11.2. The van der Waals surface area contributed by atoms with Crippen LogP contribution in [0.3, 0.4) is 0 Å². The molecule has 5 nitrogen and oxygen atoms in total. The Kier molecular flexibility index (Phi) is 5.30. The number of nitrogens with zero attached hydrogens (tertiary/aromatic N) is 1. The van der Waals surface area contributed by atoms with Gasteiger partial charge in [-0.1, -0.05) is 30.3 Å². The van der Waals surface area contributed by atoms with Gasteiger partial charge in [-0.15, -0.1) is 0 Å². The zero-order valence-corrected chi connectivity index (χ0v) is 14.0. The van der Waals surface area contributed by atoms with E-state index < -0.39 is 0 Å². The Hall–Kier alpha value is -1.43. The number of rotatable bonds is 6. The van der Waals surface area contributed by atoms with Crippen molar-refractivity contribution in [3.8, 4) is 0 Å². The zero-order chi connectivity index (χ0) is 16.2. The van der Waals surface area contributed by atoms with Crippen molar-refractivity contribution in [1.29, 1.82) is 0 Å². The maximum absolute atomic E-state index is 11.8. The number of carbonyl (C=O) groups excluding carboxylic acids is 1. The van der Waals surface area contributed by atoms with Crippen molar-refractivity contribution in [2.24, 2.45) is 0 Å². The van der Waals surface area contributed by atoms with Crippen molar-refractivity contribution in [1.82, 2.24) is 15.7 Å². The van der Waals surface area contributed by atoms with E-state index in [0.29, 0.717) is 18.0 Å². The molecule has 126 valence electrons. The van der Waals surface area contributed by atoms with E-state index in [1.54, 1.807) is 0 Å². The van der Waals surface area contributed by atoms with Gasteiger partial charge in [-0.25, -0.2) is 5.48 Å². The molecule has 1 aliphatic carbocycles. The van der Waals surface area contributed by atoms with Crippen LogP contribution < -0.4 is 10.8 Å². The summed E-state index contributed by atoms with van der Waals surface area (Å²) in [6.07, 6.45) is 3.45. The molecule has 23 heavy (non-hydrogen) atoms. The molecule has 0 aromatic heterocycles. The first-order valence-electron chi connectivity index (χ1n) is 8.57. The maximum Gasteiger partial charge on any atom is 0.260 e. The molecule has 1 unspecified atom stereocenters. The van der Waals surface area contributed by atoms with Crippen LogP contribution in [-0.2, 0) is 9.63 Å². The number of amides is 1. The summed E-state index contributed by atoms with van der Waals surface area (Å²) in [6, 6.07) is 11.8. The summed E-state index contributed by atoms with van der Waals surface area (Å²) in [5.41, 5.74) is 3.87. The predicted octanol–water partition coefficient (Wildman–Crippen LogP) is 1.66. The summed E-state index contributed by atoms with van der Waals surface area (Å²) in [4.78, 5) is 18.8. The average molecular weight is 317 g/mol. The summed E-state index contributed by atoms with van der Waals surface area (Å²) in [5, 5.41) is 3.80. The van der Waals surface area contributed by atoms with Crippen molar-refractivity contribution in [2.45, 2.75) is 50.2 Å². The lowest BCUT2D eigenvalue weighted by Gasteiger charge is -2.35. The molecular weight excluding hydrogens is 290 g/mol. The molecule has 1 aromatic rings. The first-order valence-corrected chi connectivity index (χ1v) is 8.57. The van der Waals surface area contributed by atoms with E-state index in [2.05, 4.69) is 46.0 Å². The highest BCUT2D eigenvalue weighted by atomic mass is 16.6. The normalized spacial score (nSPS) is 26.7. The monoisotopic (exact) mass is 317 g/mol. The van der Waals surface area contributed by atoms with E-state index in [1.807, 2.05) is 6.92 Å². The van der Waals surface area contributed by atoms with Crippen molar-refractivity contribution in [2.75, 3.05) is 20.2 Å². The minimum atomic E-state index is -0.131. The Balaban J connectivity index is 1.41. The number of hydroxylamine groups is 1. The standard InChI is InChI=1S/C18H27N3O2/c1-13(18(22)20-23-2)21-10-8-15(9-11-21)19-17-12-16(17)14-6-4-3-5-7-14/h3-7,13,15-17,19H,8-12H2,1-2H3,(H,20,22)/t13?,16-,17+/m0/s1. The average Bonchev–Trinajstić information content (AvgIpc) is 3.35. The predicted molar refractivity (Wildman–Crippen MR) is 89.9 cm³/mol. The van der Waals surface area contributed by atoms with Crippen LogP contribution in [0.4, 0.5) is 0 Å². The molecule has 3 atom stereocenters. The Morgan fingerprint density at radius 2 is 1.96 bits per heavy atom. The number of carbonyl (C=O) groups is 1. The Morgan fingerprint density at radius 3 is 2.61 bits per heavy atom. The molecule has 1 heterocycles. The summed E-state index contributed by atoms with van der Waals surface area (Å²) in [7, 11) is 1.47. The van der Waals surface area contributed by atoms with E-state index >= 15 is 0 Å². The minimum absolute atomic E-state index is 0.0646. The summed E-state index contributed by atoms with van der Waals surface area (Å²) in [6.45, 7) is 3.85. The number of benzene rings is 1. The van der Waals surface area contributed by atoms with Gasteiger partial charge in [0, 0.05) is 31.1 Å². The third-order valence-corrected chi connectivity index (χ3v) is 5.13. The van der Waals surface area contributed by atoms with Crippen molar-refractivity contribution in [3.05, 3.63) is 35.9 Å². The molecule has 1 aliphatic heterocycles. The third-order valence-electron chi connectivity index (χ3n) is 5.13. The highest BCUT2D eigenvalue weighted by Crippen LogP contribution is 2.41. The van der Waals surface area contributed by atoms with Gasteiger partial charge in [0.2, 0.25) is 0 Å². The molecule has 1 amide bonds. The van der Waals surface area contributed by atoms with Crippen molar-refractivity contribution < 1.29 is 9.63 Å². The molecular formula is C18H27N3O2. The van der Waals surface area contributed by atoms with Crippen LogP contribution in [0.2, 0.25) is 0 Å². The van der Waals surface area contributed by atoms with E-state index in [0.717, 1.165) is 25.9 Å². The van der Waals surface area contributed by atoms with Gasteiger partial charge < -0.3 is 5.32 Å². The highest BCUT2D eigenvalue weighted by molar-refractivity contribution is 5.80.